The van der Waals surface area contributed by atoms with Crippen molar-refractivity contribution in [2.45, 2.75) is 31.3 Å². The number of carbonyl (C=O) groups is 3. The fourth-order valence-electron chi connectivity index (χ4n) is 3.22. The minimum absolute atomic E-state index is 0.0299. The largest absolute Gasteiger partial charge is 0.454 e. The van der Waals surface area contributed by atoms with Crippen LogP contribution in [0.15, 0.2) is 30.3 Å². The van der Waals surface area contributed by atoms with Crippen molar-refractivity contribution in [2.24, 2.45) is 0 Å². The van der Waals surface area contributed by atoms with Crippen LogP contribution in [-0.2, 0) is 29.0 Å². The van der Waals surface area contributed by atoms with Gasteiger partial charge < -0.3 is 15.0 Å². The number of hydrogen-bond acceptors (Lipinski definition) is 6. The van der Waals surface area contributed by atoms with Crippen LogP contribution in [0.4, 0.5) is 5.69 Å². The second-order valence-electron chi connectivity index (χ2n) is 6.42. The molecule has 9 heteroatoms. The van der Waals surface area contributed by atoms with Crippen molar-refractivity contribution in [3.63, 3.8) is 0 Å². The smallest absolute Gasteiger partial charge is 0.329 e. The summed E-state index contributed by atoms with van der Waals surface area (Å²) in [6, 6.07) is 7.50. The van der Waals surface area contributed by atoms with Gasteiger partial charge in [0.25, 0.3) is 5.91 Å². The highest BCUT2D eigenvalue weighted by atomic mass is 32.2. The molecule has 2 aliphatic rings. The van der Waals surface area contributed by atoms with Gasteiger partial charge in [0, 0.05) is 12.1 Å². The number of ether oxygens (including phenoxy) is 1. The molecular weight excluding hydrogens is 360 g/mol. The highest BCUT2D eigenvalue weighted by Crippen LogP contribution is 2.24. The van der Waals surface area contributed by atoms with Crippen molar-refractivity contribution in [3.05, 3.63) is 30.3 Å². The summed E-state index contributed by atoms with van der Waals surface area (Å²) in [5.41, 5.74) is 0.560. The van der Waals surface area contributed by atoms with Crippen molar-refractivity contribution in [1.82, 2.24) is 5.32 Å². The van der Waals surface area contributed by atoms with Gasteiger partial charge in [-0.3, -0.25) is 9.59 Å². The average molecular weight is 380 g/mol. The third kappa shape index (κ3) is 4.21. The number of sulfone groups is 1. The van der Waals surface area contributed by atoms with Gasteiger partial charge in [-0.05, 0) is 25.0 Å². The van der Waals surface area contributed by atoms with Crippen molar-refractivity contribution in [2.75, 3.05) is 23.0 Å². The van der Waals surface area contributed by atoms with E-state index in [2.05, 4.69) is 5.32 Å². The van der Waals surface area contributed by atoms with Crippen LogP contribution in [0.5, 0.6) is 0 Å². The second-order valence-corrected chi connectivity index (χ2v) is 8.65. The quantitative estimate of drug-likeness (QED) is 0.722. The molecule has 2 atom stereocenters. The molecule has 0 saturated carbocycles. The molecule has 0 aromatic heterocycles. The van der Waals surface area contributed by atoms with E-state index in [4.69, 9.17) is 4.74 Å². The SMILES string of the molecule is O=C1CC[C@H](C(=O)OCC(=O)N(c2ccccc2)[C@H]2CCS(=O)(=O)C2)N1. The van der Waals surface area contributed by atoms with Crippen LogP contribution in [0.25, 0.3) is 0 Å². The molecule has 0 spiro atoms. The Kier molecular flexibility index (Phi) is 5.26. The summed E-state index contributed by atoms with van der Waals surface area (Å²) in [5.74, 6) is -1.45. The minimum Gasteiger partial charge on any atom is -0.454 e. The number of hydrogen-bond donors (Lipinski definition) is 1. The number of benzene rings is 1. The zero-order valence-electron chi connectivity index (χ0n) is 14.1. The number of amides is 2. The molecule has 26 heavy (non-hydrogen) atoms. The van der Waals surface area contributed by atoms with Crippen LogP contribution in [0.3, 0.4) is 0 Å². The number of carbonyl (C=O) groups excluding carboxylic acids is 3. The van der Waals surface area contributed by atoms with E-state index in [0.717, 1.165) is 0 Å². The van der Waals surface area contributed by atoms with Crippen molar-refractivity contribution in [1.29, 1.82) is 0 Å². The standard InChI is InChI=1S/C17H20N2O6S/c20-15-7-6-14(18-15)17(22)25-10-16(21)19(12-4-2-1-3-5-12)13-8-9-26(23,24)11-13/h1-5,13-14H,6-11H2,(H,18,20)/t13-,14+/m0/s1. The number of rotatable bonds is 5. The second kappa shape index (κ2) is 7.45. The van der Waals surface area contributed by atoms with Crippen molar-refractivity contribution in [3.8, 4) is 0 Å². The van der Waals surface area contributed by atoms with E-state index in [1.54, 1.807) is 30.3 Å². The van der Waals surface area contributed by atoms with Gasteiger partial charge in [0.2, 0.25) is 5.91 Å². The summed E-state index contributed by atoms with van der Waals surface area (Å²) < 4.78 is 28.7. The van der Waals surface area contributed by atoms with Crippen LogP contribution in [0, 0.1) is 0 Å². The van der Waals surface area contributed by atoms with Gasteiger partial charge in [0.05, 0.1) is 17.5 Å². The fourth-order valence-corrected chi connectivity index (χ4v) is 4.92. The predicted molar refractivity (Wildman–Crippen MR) is 93.1 cm³/mol. The molecule has 0 bridgehead atoms. The molecular formula is C17H20N2O6S. The summed E-state index contributed by atoms with van der Waals surface area (Å²) in [6.45, 7) is -0.503. The van der Waals surface area contributed by atoms with Crippen LogP contribution < -0.4 is 10.2 Å². The van der Waals surface area contributed by atoms with E-state index in [9.17, 15) is 22.8 Å². The lowest BCUT2D eigenvalue weighted by atomic mass is 10.2. The molecule has 2 heterocycles. The van der Waals surface area contributed by atoms with Gasteiger partial charge in [-0.15, -0.1) is 0 Å². The lowest BCUT2D eigenvalue weighted by Crippen LogP contribution is -2.44. The van der Waals surface area contributed by atoms with Crippen LogP contribution in [0.2, 0.25) is 0 Å². The molecule has 2 amide bonds. The molecule has 2 aliphatic heterocycles. The summed E-state index contributed by atoms with van der Waals surface area (Å²) >= 11 is 0. The van der Waals surface area contributed by atoms with Gasteiger partial charge >= 0.3 is 5.97 Å². The normalized spacial score (nSPS) is 24.1. The first-order valence-corrected chi connectivity index (χ1v) is 10.2. The molecule has 0 unspecified atom stereocenters. The molecule has 2 saturated heterocycles. The van der Waals surface area contributed by atoms with Gasteiger partial charge in [-0.1, -0.05) is 18.2 Å². The Morgan fingerprint density at radius 2 is 1.92 bits per heavy atom. The summed E-state index contributed by atoms with van der Waals surface area (Å²) in [6.07, 6.45) is 0.939. The van der Waals surface area contributed by atoms with E-state index in [0.29, 0.717) is 18.5 Å². The number of nitrogens with one attached hydrogen (secondary N) is 1. The molecule has 0 radical (unpaired) electrons. The lowest BCUT2D eigenvalue weighted by Gasteiger charge is -2.28. The zero-order valence-corrected chi connectivity index (χ0v) is 14.9. The monoisotopic (exact) mass is 380 g/mol. The predicted octanol–water partition coefficient (Wildman–Crippen LogP) is 0.0285. The van der Waals surface area contributed by atoms with E-state index >= 15 is 0 Å². The summed E-state index contributed by atoms with van der Waals surface area (Å²) in [4.78, 5) is 37.2. The first-order chi connectivity index (χ1) is 12.4. The molecule has 2 fully saturated rings. The van der Waals surface area contributed by atoms with Gasteiger partial charge in [-0.25, -0.2) is 13.2 Å². The first kappa shape index (κ1) is 18.4. The van der Waals surface area contributed by atoms with Crippen LogP contribution >= 0.6 is 0 Å². The highest BCUT2D eigenvalue weighted by Gasteiger charge is 2.36. The lowest BCUT2D eigenvalue weighted by molar-refractivity contribution is -0.150. The molecule has 1 N–H and O–H groups in total. The zero-order chi connectivity index (χ0) is 18.7. The van der Waals surface area contributed by atoms with Gasteiger partial charge in [-0.2, -0.15) is 0 Å². The van der Waals surface area contributed by atoms with Gasteiger partial charge in [0.1, 0.15) is 6.04 Å². The van der Waals surface area contributed by atoms with E-state index in [-0.39, 0.29) is 23.8 Å². The first-order valence-electron chi connectivity index (χ1n) is 8.39. The van der Waals surface area contributed by atoms with Crippen molar-refractivity contribution >= 4 is 33.3 Å². The van der Waals surface area contributed by atoms with E-state index < -0.39 is 40.4 Å². The topological polar surface area (TPSA) is 110 Å². The highest BCUT2D eigenvalue weighted by molar-refractivity contribution is 7.91. The maximum Gasteiger partial charge on any atom is 0.329 e. The van der Waals surface area contributed by atoms with Crippen LogP contribution in [0.1, 0.15) is 19.3 Å². The molecule has 1 aromatic carbocycles. The Hall–Kier alpha value is -2.42. The Balaban J connectivity index is 1.69. The average Bonchev–Trinajstić information content (AvgIpc) is 3.19. The summed E-state index contributed by atoms with van der Waals surface area (Å²) in [7, 11) is -3.18. The third-order valence-corrected chi connectivity index (χ3v) is 6.24. The molecule has 1 aromatic rings. The number of para-hydroxylation sites is 1. The third-order valence-electron chi connectivity index (χ3n) is 4.49. The Morgan fingerprint density at radius 1 is 1.19 bits per heavy atom. The number of nitrogens with zero attached hydrogens (tertiary/aromatic N) is 1. The Labute approximate surface area is 151 Å². The number of esters is 1. The fraction of sp³-hybridized carbons (Fsp3) is 0.471. The maximum atomic E-state index is 12.7. The molecule has 8 nitrogen and oxygen atoms in total. The summed E-state index contributed by atoms with van der Waals surface area (Å²) in [5, 5.41) is 2.49. The minimum atomic E-state index is -3.18. The molecule has 140 valence electrons. The van der Waals surface area contributed by atoms with E-state index in [1.165, 1.54) is 4.90 Å². The molecule has 0 aliphatic carbocycles. The van der Waals surface area contributed by atoms with Gasteiger partial charge in [0.15, 0.2) is 16.4 Å². The maximum absolute atomic E-state index is 12.7. The van der Waals surface area contributed by atoms with Crippen molar-refractivity contribution < 1.29 is 27.5 Å². The Morgan fingerprint density at radius 3 is 2.50 bits per heavy atom. The molecule has 3 rings (SSSR count). The van der Waals surface area contributed by atoms with Crippen LogP contribution in [-0.4, -0.2) is 56.4 Å². The number of anilines is 1. The van der Waals surface area contributed by atoms with E-state index in [1.807, 2.05) is 0 Å². The Bertz CT molecular complexity index is 808.